The van der Waals surface area contributed by atoms with Crippen LogP contribution in [0.15, 0.2) is 24.3 Å². The van der Waals surface area contributed by atoms with Gasteiger partial charge in [0.25, 0.3) is 29.5 Å². The molecule has 0 bridgehead atoms. The number of aliphatic hydroxyl groups excluding tert-OH is 6. The lowest BCUT2D eigenvalue weighted by atomic mass is 10.3. The number of amides is 5. The molecule has 2 aliphatic rings. The van der Waals surface area contributed by atoms with Crippen molar-refractivity contribution in [3.8, 4) is 0 Å². The summed E-state index contributed by atoms with van der Waals surface area (Å²) in [6, 6.07) is 0. The zero-order valence-corrected chi connectivity index (χ0v) is 36.5. The van der Waals surface area contributed by atoms with Gasteiger partial charge in [-0.15, -0.1) is 0 Å². The van der Waals surface area contributed by atoms with Crippen molar-refractivity contribution in [1.29, 1.82) is 0 Å². The molecule has 21 heteroatoms. The number of carbonyl (C=O) groups excluding carboxylic acids is 5. The zero-order chi connectivity index (χ0) is 41.7. The minimum Gasteiger partial charge on any atom is -0.394 e. The number of carbonyl (C=O) groups is 5. The molecule has 2 heterocycles. The molecule has 0 aromatic rings. The van der Waals surface area contributed by atoms with Crippen LogP contribution in [0.5, 0.6) is 0 Å². The van der Waals surface area contributed by atoms with E-state index in [4.69, 9.17) is 50.6 Å². The second-order valence-electron chi connectivity index (χ2n) is 10.2. The fourth-order valence-electron chi connectivity index (χ4n) is 3.18. The summed E-state index contributed by atoms with van der Waals surface area (Å²) in [6.45, 7) is 3.64. The van der Waals surface area contributed by atoms with E-state index in [-0.39, 0.29) is 51.0 Å². The van der Waals surface area contributed by atoms with Gasteiger partial charge in [-0.3, -0.25) is 28.9 Å². The van der Waals surface area contributed by atoms with Gasteiger partial charge in [0.1, 0.15) is 6.61 Å². The number of alkyl halides is 3. The van der Waals surface area contributed by atoms with E-state index in [1.54, 1.807) is 0 Å². The van der Waals surface area contributed by atoms with Crippen LogP contribution < -0.4 is 11.9 Å². The van der Waals surface area contributed by atoms with Gasteiger partial charge in [-0.25, -0.2) is 4.90 Å². The summed E-state index contributed by atoms with van der Waals surface area (Å²) in [4.78, 5) is 55.8. The quantitative estimate of drug-likeness (QED) is 0.0376. The Labute approximate surface area is 350 Å². The molecule has 0 saturated heterocycles. The molecular weight excluding hydrogens is 928 g/mol. The molecule has 0 aromatic heterocycles. The van der Waals surface area contributed by atoms with Gasteiger partial charge in [-0.05, 0) is 57.9 Å². The Balaban J connectivity index is -0.000000189. The third-order valence-corrected chi connectivity index (χ3v) is 7.44. The van der Waals surface area contributed by atoms with Gasteiger partial charge < -0.3 is 56.7 Å². The number of ether oxygens (including phenoxy) is 3. The first-order valence-electron chi connectivity index (χ1n) is 17.5. The van der Waals surface area contributed by atoms with Gasteiger partial charge in [0.05, 0.1) is 52.9 Å². The van der Waals surface area contributed by atoms with Crippen molar-refractivity contribution < 1.29 is 68.8 Å². The lowest BCUT2D eigenvalue weighted by Gasteiger charge is -2.12. The molecule has 11 N–H and O–H groups in total. The third kappa shape index (κ3) is 45.0. The van der Waals surface area contributed by atoms with Gasteiger partial charge in [-0.2, -0.15) is 0 Å². The standard InChI is InChI=1S/C10H15NO4.C6H13BrO2.C6H5NO4.C6H15NO2.C4H8Br2.C2H6O2.H3N/c12-6-8-15-7-2-1-5-11-9(13)3-4-10(11)14;7-3-1-2-5-9-6-4-8;8-3-6(11)7-4(9)1-2-5(7)10;7-3-1-2-5-9-6-4-8;5-3-1-2-4-6;3-1-2-4;/h3-4,12H,1-2,5-8H2;8H,1-6H2;1-2,8H,3H2;8H,1-7H2;1-4H2;3-4H,1-2H2;1H3. The largest absolute Gasteiger partial charge is 0.394 e. The van der Waals surface area contributed by atoms with Crippen molar-refractivity contribution >= 4 is 77.3 Å². The van der Waals surface area contributed by atoms with Crippen molar-refractivity contribution in [2.24, 2.45) is 5.73 Å². The highest BCUT2D eigenvalue weighted by Gasteiger charge is 2.29. The van der Waals surface area contributed by atoms with Crippen molar-refractivity contribution in [1.82, 2.24) is 16.0 Å². The Kier molecular flexibility index (Phi) is 59.7. The zero-order valence-electron chi connectivity index (χ0n) is 31.7. The van der Waals surface area contributed by atoms with Gasteiger partial charge >= 0.3 is 0 Å². The number of nitrogens with two attached hydrogens (primary N) is 1. The molecule has 2 rings (SSSR count). The molecule has 5 amide bonds. The number of halogens is 3. The van der Waals surface area contributed by atoms with Gasteiger partial charge in [0, 0.05) is 66.7 Å². The van der Waals surface area contributed by atoms with Gasteiger partial charge in [0.2, 0.25) is 0 Å². The van der Waals surface area contributed by atoms with E-state index in [0.717, 1.165) is 86.4 Å². The Hall–Kier alpha value is -1.57. The third-order valence-electron chi connectivity index (χ3n) is 5.75. The van der Waals surface area contributed by atoms with E-state index in [1.165, 1.54) is 29.9 Å². The predicted octanol–water partition coefficient (Wildman–Crippen LogP) is 0.725. The smallest absolute Gasteiger partial charge is 0.262 e. The fraction of sp³-hybridized carbons (Fsp3) is 0.735. The molecule has 0 fully saturated rings. The maximum atomic E-state index is 11.1. The molecule has 326 valence electrons. The molecule has 0 spiro atoms. The first-order valence-corrected chi connectivity index (χ1v) is 20.8. The monoisotopic (exact) mass is 990 g/mol. The van der Waals surface area contributed by atoms with Crippen molar-refractivity contribution in [3.63, 3.8) is 0 Å². The van der Waals surface area contributed by atoms with Crippen LogP contribution in [0.1, 0.15) is 51.4 Å². The number of imide groups is 4. The van der Waals surface area contributed by atoms with E-state index in [9.17, 15) is 24.0 Å². The predicted molar refractivity (Wildman–Crippen MR) is 219 cm³/mol. The molecule has 0 atom stereocenters. The normalized spacial score (nSPS) is 12.3. The van der Waals surface area contributed by atoms with E-state index in [0.29, 0.717) is 37.9 Å². The molecule has 0 aromatic carbocycles. The highest BCUT2D eigenvalue weighted by atomic mass is 79.9. The van der Waals surface area contributed by atoms with Crippen LogP contribution in [0.25, 0.3) is 0 Å². The number of nitrogens with zero attached hydrogens (tertiary/aromatic N) is 2. The summed E-state index contributed by atoms with van der Waals surface area (Å²) in [5, 5.41) is 51.9. The van der Waals surface area contributed by atoms with Gasteiger partial charge in [-0.1, -0.05) is 47.8 Å². The molecule has 0 aliphatic carbocycles. The highest BCUT2D eigenvalue weighted by molar-refractivity contribution is 9.09. The first kappa shape index (κ1) is 62.6. The second-order valence-corrected chi connectivity index (χ2v) is 12.6. The SMILES string of the molecule is BrCCCCBr.N.NCCCCOCCO.O=C1C=CC(=O)N1C(=O)CO.O=C1C=CC(=O)N1CCCCOCCO.OCCO.OCCOCCCCBr. The summed E-state index contributed by atoms with van der Waals surface area (Å²) < 4.78 is 15.0. The van der Waals surface area contributed by atoms with Crippen LogP contribution in [-0.4, -0.2) is 178 Å². The molecule has 18 nitrogen and oxygen atoms in total. The Morgan fingerprint density at radius 2 is 0.873 bits per heavy atom. The molecule has 2 aliphatic heterocycles. The lowest BCUT2D eigenvalue weighted by Crippen LogP contribution is -2.38. The van der Waals surface area contributed by atoms with Crippen molar-refractivity contribution in [2.75, 3.05) is 108 Å². The first-order chi connectivity index (χ1) is 26.1. The number of hydrogen-bond donors (Lipinski definition) is 8. The Morgan fingerprint density at radius 1 is 0.527 bits per heavy atom. The summed E-state index contributed by atoms with van der Waals surface area (Å²) >= 11 is 9.97. The summed E-state index contributed by atoms with van der Waals surface area (Å²) in [5.41, 5.74) is 5.24. The topological polar surface area (TPSA) is 302 Å². The summed E-state index contributed by atoms with van der Waals surface area (Å²) in [7, 11) is 0. The maximum Gasteiger partial charge on any atom is 0.262 e. The maximum absolute atomic E-state index is 11.1. The summed E-state index contributed by atoms with van der Waals surface area (Å²) in [5.74, 6) is -2.78. The Bertz CT molecular complexity index is 902. The molecule has 0 saturated carbocycles. The van der Waals surface area contributed by atoms with Crippen LogP contribution in [0.3, 0.4) is 0 Å². The van der Waals surface area contributed by atoms with Crippen LogP contribution in [0.2, 0.25) is 0 Å². The minimum atomic E-state index is -0.898. The number of hydrogen-bond acceptors (Lipinski definition) is 16. The summed E-state index contributed by atoms with van der Waals surface area (Å²) in [6.07, 6.45) is 12.8. The minimum absolute atomic E-state index is 0. The van der Waals surface area contributed by atoms with E-state index in [1.807, 2.05) is 0 Å². The van der Waals surface area contributed by atoms with Crippen LogP contribution in [0, 0.1) is 0 Å². The average Bonchev–Trinajstić information content (AvgIpc) is 3.70. The second kappa shape index (κ2) is 52.4. The van der Waals surface area contributed by atoms with Crippen LogP contribution in [0.4, 0.5) is 0 Å². The highest BCUT2D eigenvalue weighted by Crippen LogP contribution is 2.05. The van der Waals surface area contributed by atoms with E-state index >= 15 is 0 Å². The van der Waals surface area contributed by atoms with Crippen LogP contribution >= 0.6 is 47.8 Å². The molecule has 0 radical (unpaired) electrons. The Morgan fingerprint density at radius 3 is 1.20 bits per heavy atom. The van der Waals surface area contributed by atoms with E-state index < -0.39 is 24.3 Å². The lowest BCUT2D eigenvalue weighted by molar-refractivity contribution is -0.150. The van der Waals surface area contributed by atoms with Crippen molar-refractivity contribution in [3.05, 3.63) is 24.3 Å². The van der Waals surface area contributed by atoms with Crippen molar-refractivity contribution in [2.45, 2.75) is 51.4 Å². The number of aliphatic hydroxyl groups is 6. The van der Waals surface area contributed by atoms with Crippen LogP contribution in [-0.2, 0) is 38.2 Å². The number of rotatable bonds is 24. The average molecular weight is 994 g/mol. The molecular formula is C34H65Br3N4O14. The van der Waals surface area contributed by atoms with E-state index in [2.05, 4.69) is 47.8 Å². The fourth-order valence-corrected chi connectivity index (χ4v) is 4.37. The molecule has 0 unspecified atom stereocenters. The number of unbranched alkanes of at least 4 members (excludes halogenated alkanes) is 4. The molecule has 55 heavy (non-hydrogen) atoms. The van der Waals surface area contributed by atoms with Gasteiger partial charge in [0.15, 0.2) is 0 Å².